The van der Waals surface area contributed by atoms with Gasteiger partial charge in [0.15, 0.2) is 16.9 Å². The number of aryl methyl sites for hydroxylation is 5. The Morgan fingerprint density at radius 2 is 1.17 bits per heavy atom. The highest BCUT2D eigenvalue weighted by Crippen LogP contribution is 2.38. The first-order chi connectivity index (χ1) is 43.0. The summed E-state index contributed by atoms with van der Waals surface area (Å²) in [4.78, 5) is 61.5. The number of nitrogens with zero attached hydrogens (tertiary/aromatic N) is 9. The number of fused-ring (bicyclic) bond motifs is 3. The Morgan fingerprint density at radius 3 is 1.68 bits per heavy atom. The number of esters is 1. The smallest absolute Gasteiger partial charge is 0.460 e. The highest BCUT2D eigenvalue weighted by Gasteiger charge is 2.52. The van der Waals surface area contributed by atoms with Crippen molar-refractivity contribution in [1.29, 1.82) is 0 Å². The number of nitrogens with one attached hydrogen (secondary N) is 3. The second-order valence-corrected chi connectivity index (χ2v) is 26.9. The molecule has 1 aliphatic heterocycles. The first-order valence-electron chi connectivity index (χ1n) is 28.7. The number of halogens is 6. The minimum Gasteiger partial charge on any atom is -0.460 e. The molecule has 9 aromatic heterocycles. The third-order valence-corrected chi connectivity index (χ3v) is 17.3. The monoisotopic (exact) mass is 1470 g/mol. The number of carbonyl (C=O) groups excluding carboxylic acids is 1. The van der Waals surface area contributed by atoms with E-state index in [1.165, 1.54) is 25.3 Å². The van der Waals surface area contributed by atoms with Crippen LogP contribution in [0.4, 0.5) is 8.78 Å². The number of H-pyrrole nitrogens is 3. The van der Waals surface area contributed by atoms with Crippen LogP contribution in [-0.2, 0) is 31.8 Å². The summed E-state index contributed by atoms with van der Waals surface area (Å²) >= 11 is 15.6. The molecule has 1 saturated heterocycles. The number of aromatic nitrogens is 12. The fourth-order valence-corrected chi connectivity index (χ4v) is 10.3. The van der Waals surface area contributed by atoms with E-state index < -0.39 is 58.7 Å². The van der Waals surface area contributed by atoms with Crippen molar-refractivity contribution < 1.29 is 32.7 Å². The van der Waals surface area contributed by atoms with Gasteiger partial charge in [0.25, 0.3) is 0 Å². The number of aromatic amines is 3. The van der Waals surface area contributed by atoms with Crippen LogP contribution in [0.3, 0.4) is 0 Å². The predicted octanol–water partition coefficient (Wildman–Crippen LogP) is 11.0. The van der Waals surface area contributed by atoms with Gasteiger partial charge in [0.05, 0.1) is 40.4 Å². The number of benzene rings is 1. The molecule has 1 aliphatic rings. The van der Waals surface area contributed by atoms with Gasteiger partial charge in [0, 0.05) is 65.6 Å². The van der Waals surface area contributed by atoms with Gasteiger partial charge in [-0.1, -0.05) is 23.6 Å². The van der Waals surface area contributed by atoms with E-state index in [0.29, 0.717) is 62.4 Å². The Hall–Kier alpha value is -7.55. The summed E-state index contributed by atoms with van der Waals surface area (Å²) in [6, 6.07) is 24.9. The van der Waals surface area contributed by atoms with Crippen molar-refractivity contribution in [2.45, 2.75) is 145 Å². The maximum Gasteiger partial charge on any atom is 0.496 e. The summed E-state index contributed by atoms with van der Waals surface area (Å²) < 4.78 is 53.4. The van der Waals surface area contributed by atoms with Gasteiger partial charge >= 0.3 is 30.2 Å². The molecule has 0 spiro atoms. The number of rotatable bonds is 8. The van der Waals surface area contributed by atoms with Crippen LogP contribution < -0.4 is 28.3 Å². The van der Waals surface area contributed by atoms with E-state index in [0.717, 1.165) is 53.4 Å². The van der Waals surface area contributed by atoms with Crippen LogP contribution in [0.15, 0.2) is 119 Å². The van der Waals surface area contributed by atoms with Gasteiger partial charge in [-0.3, -0.25) is 9.78 Å². The summed E-state index contributed by atoms with van der Waals surface area (Å²) in [6.45, 7) is 26.2. The van der Waals surface area contributed by atoms with Gasteiger partial charge < -0.3 is 24.9 Å². The molecule has 21 nitrogen and oxygen atoms in total. The molecule has 1 fully saturated rings. The molecule has 0 bridgehead atoms. The minimum absolute atomic E-state index is 0.0588. The molecular weight excluding hydrogens is 1400 g/mol. The molecule has 0 saturated carbocycles. The number of ether oxygens (including phenoxy) is 1. The highest BCUT2D eigenvalue weighted by molar-refractivity contribution is 9.11. The largest absolute Gasteiger partial charge is 0.496 e. The lowest BCUT2D eigenvalue weighted by molar-refractivity contribution is -0.155. The van der Waals surface area contributed by atoms with Gasteiger partial charge in [0.2, 0.25) is 0 Å². The Labute approximate surface area is 559 Å². The molecule has 0 unspecified atom stereocenters. The van der Waals surface area contributed by atoms with Crippen LogP contribution in [-0.4, -0.2) is 99.3 Å². The Balaban J connectivity index is 0.000000191. The van der Waals surface area contributed by atoms with Gasteiger partial charge in [-0.05, 0) is 241 Å². The van der Waals surface area contributed by atoms with Gasteiger partial charge in [-0.25, -0.2) is 61.6 Å². The quantitative estimate of drug-likeness (QED) is 0.0409. The van der Waals surface area contributed by atoms with Crippen molar-refractivity contribution >= 4 is 94.9 Å². The zero-order valence-electron chi connectivity index (χ0n) is 53.1. The molecule has 6 N–H and O–H groups in total. The normalized spacial score (nSPS) is 13.6. The molecule has 0 aliphatic carbocycles. The highest BCUT2D eigenvalue weighted by atomic mass is 79.9. The van der Waals surface area contributed by atoms with Crippen LogP contribution in [0, 0.1) is 58.1 Å². The van der Waals surface area contributed by atoms with E-state index in [9.17, 15) is 33.1 Å². The molecule has 10 aromatic rings. The lowest BCUT2D eigenvalue weighted by atomic mass is 9.78. The average molecular weight is 1470 g/mol. The Bertz CT molecular complexity index is 4560. The Kier molecular flexibility index (Phi) is 23.1. The van der Waals surface area contributed by atoms with E-state index in [4.69, 9.17) is 36.4 Å². The number of aliphatic hydroxyl groups is 1. The number of carbonyl (C=O) groups is 1. The number of pyridine rings is 6. The lowest BCUT2D eigenvalue weighted by Crippen LogP contribution is -2.41. The molecule has 0 amide bonds. The second-order valence-electron chi connectivity index (χ2n) is 23.9. The van der Waals surface area contributed by atoms with E-state index in [-0.39, 0.29) is 24.2 Å². The topological polar surface area (TPSA) is 280 Å². The Morgan fingerprint density at radius 1 is 0.685 bits per heavy atom. The molecule has 1 atom stereocenters. The number of hydrogen-bond donors (Lipinski definition) is 5. The lowest BCUT2D eigenvalue weighted by Gasteiger charge is -2.32. The molecule has 11 rings (SSSR count). The van der Waals surface area contributed by atoms with Gasteiger partial charge in [-0.2, -0.15) is 15.3 Å². The van der Waals surface area contributed by atoms with Crippen LogP contribution >= 0.6 is 59.4 Å². The zero-order valence-corrected chi connectivity index (χ0v) is 58.6. The van der Waals surface area contributed by atoms with Crippen LogP contribution in [0.1, 0.15) is 126 Å². The molecule has 92 heavy (non-hydrogen) atoms. The predicted molar refractivity (Wildman–Crippen MR) is 361 cm³/mol. The fraction of sp³-hybridized carbons (Fsp3) is 0.344. The van der Waals surface area contributed by atoms with Crippen molar-refractivity contribution in [1.82, 2.24) is 58.7 Å². The summed E-state index contributed by atoms with van der Waals surface area (Å²) in [5, 5.41) is 29.7. The second kappa shape index (κ2) is 29.6. The molecular formula is C64H70BBr3ClF2N13O8. The van der Waals surface area contributed by atoms with Crippen molar-refractivity contribution in [2.24, 2.45) is 5.73 Å². The maximum absolute atomic E-state index is 14.2. The zero-order chi connectivity index (χ0) is 67.9. The third-order valence-electron chi connectivity index (χ3n) is 14.6. The van der Waals surface area contributed by atoms with Crippen LogP contribution in [0.25, 0.3) is 28.1 Å². The fourth-order valence-electron chi connectivity index (χ4n) is 9.31. The summed E-state index contributed by atoms with van der Waals surface area (Å²) in [5.74, 6) is 2.91. The molecule has 1 aromatic carbocycles. The molecule has 0 radical (unpaired) electrons. The SMILES string of the molecule is Cc1c(-c2ccc(C#CC(C)(C)O)nc2[C@@H](CC(=O)OC(C)(C)C)Cc2cc(F)cc(F)c2)ccc2n[nH]c(=O)n12.Cc1c(B2OC(C)(C)C(C)(C)O2)ccc2n[nH]c(=O)n12.Cc1c(Br)ccc2n[nH]c(=O)n12.Cc1nc(CN)ccc1Br.Cc1nc(Cl)ccc1Br. The first kappa shape index (κ1) is 71.9. The summed E-state index contributed by atoms with van der Waals surface area (Å²) in [5.41, 5.74) is 11.5. The van der Waals surface area contributed by atoms with Crippen molar-refractivity contribution in [3.8, 4) is 23.0 Å². The third kappa shape index (κ3) is 18.2. The van der Waals surface area contributed by atoms with Crippen molar-refractivity contribution in [3.63, 3.8) is 0 Å². The van der Waals surface area contributed by atoms with Crippen LogP contribution in [0.5, 0.6) is 0 Å². The maximum atomic E-state index is 14.2. The standard InChI is InChI=1S/C31H32F2N4O4.C13H18BN3O3.C7H6BrN3O.C7H9BrN2.C6H5BrClN/c1-18-24(9-10-26-35-36-29(39)37(18)26)25-8-7-23(11-12-31(5,6)40)34-28(25)20(16-27(38)41-30(2,3)4)13-19-14-21(32)17-22(33)15-19;1-8-9(6-7-10-15-16-11(18)17(8)10)14-19-12(2,3)13(4,5)20-14;1-4-5(8)2-3-6-9-10-7(12)11(4)6;1-5-7(8)3-2-6(4-9)10-5;1-4-5(7)2-3-6(8)9-4/h7-10,14-15,17,20,40H,13,16H2,1-6H3,(H,36,39);6-7H,1-5H3,(H,16,18);2-3H,1H3,(H,10,12);2-3H,4,9H2,1H3;2-3H,1H3/t20-;;;;/m1..../s1. The summed E-state index contributed by atoms with van der Waals surface area (Å²) in [7, 11) is -0.480. The molecule has 484 valence electrons. The van der Waals surface area contributed by atoms with E-state index in [2.05, 4.69) is 100 Å². The first-order valence-corrected chi connectivity index (χ1v) is 31.5. The minimum atomic E-state index is -1.28. The number of nitrogens with two attached hydrogens (primary N) is 1. The van der Waals surface area contributed by atoms with Gasteiger partial charge in [0.1, 0.15) is 33.7 Å². The van der Waals surface area contributed by atoms with Gasteiger partial charge in [-0.15, -0.1) is 0 Å². The van der Waals surface area contributed by atoms with Crippen LogP contribution in [0.2, 0.25) is 5.15 Å². The van der Waals surface area contributed by atoms with Crippen molar-refractivity contribution in [3.05, 3.63) is 204 Å². The van der Waals surface area contributed by atoms with E-state index in [1.807, 2.05) is 85.7 Å². The number of hydrogen-bond acceptors (Lipinski definition) is 15. The molecule has 28 heteroatoms. The van der Waals surface area contributed by atoms with E-state index >= 15 is 0 Å². The average Bonchev–Trinajstić information content (AvgIpc) is 1.49. The van der Waals surface area contributed by atoms with E-state index in [1.54, 1.807) is 84.0 Å². The summed E-state index contributed by atoms with van der Waals surface area (Å²) in [6.07, 6.45) is -0.0893. The van der Waals surface area contributed by atoms with Crippen molar-refractivity contribution in [2.75, 3.05) is 0 Å². The molecule has 10 heterocycles.